The Morgan fingerprint density at radius 1 is 1.03 bits per heavy atom. The molecule has 6 nitrogen and oxygen atoms in total. The van der Waals surface area contributed by atoms with Crippen molar-refractivity contribution in [2.75, 3.05) is 29.6 Å². The first kappa shape index (κ1) is 20.8. The van der Waals surface area contributed by atoms with Gasteiger partial charge >= 0.3 is 6.18 Å². The molecule has 2 N–H and O–H groups in total. The quantitative estimate of drug-likeness (QED) is 0.702. The third kappa shape index (κ3) is 5.57. The number of thioether (sulfide) groups is 1. The molecule has 0 atom stereocenters. The molecule has 1 heterocycles. The van der Waals surface area contributed by atoms with E-state index in [1.807, 2.05) is 0 Å². The van der Waals surface area contributed by atoms with E-state index in [9.17, 15) is 22.8 Å². The molecule has 2 amide bonds. The van der Waals surface area contributed by atoms with Gasteiger partial charge in [-0.3, -0.25) is 9.59 Å². The fourth-order valence-corrected chi connectivity index (χ4v) is 3.34. The Balaban J connectivity index is 1.67. The van der Waals surface area contributed by atoms with Gasteiger partial charge in [-0.1, -0.05) is 0 Å². The van der Waals surface area contributed by atoms with Gasteiger partial charge in [0.1, 0.15) is 13.2 Å². The van der Waals surface area contributed by atoms with E-state index < -0.39 is 23.6 Å². The summed E-state index contributed by atoms with van der Waals surface area (Å²) < 4.78 is 50.9. The lowest BCUT2D eigenvalue weighted by atomic mass is 10.1. The van der Waals surface area contributed by atoms with Crippen molar-refractivity contribution in [2.45, 2.75) is 18.0 Å². The second-order valence-corrected chi connectivity index (χ2v) is 7.13. The summed E-state index contributed by atoms with van der Waals surface area (Å²) >= 11 is 1.16. The number of alkyl halides is 3. The molecule has 0 fully saturated rings. The number of amides is 2. The van der Waals surface area contributed by atoms with Crippen LogP contribution in [0.25, 0.3) is 0 Å². The van der Waals surface area contributed by atoms with Gasteiger partial charge in [-0.05, 0) is 36.4 Å². The van der Waals surface area contributed by atoms with E-state index in [-0.39, 0.29) is 17.1 Å². The minimum atomic E-state index is -4.69. The number of hydrogen-bond acceptors (Lipinski definition) is 5. The number of fused-ring (bicyclic) bond motifs is 1. The Morgan fingerprint density at radius 3 is 2.45 bits per heavy atom. The molecule has 1 aliphatic heterocycles. The predicted octanol–water partition coefficient (Wildman–Crippen LogP) is 4.17. The molecule has 154 valence electrons. The normalized spacial score (nSPS) is 13.0. The molecule has 2 aromatic carbocycles. The highest BCUT2D eigenvalue weighted by atomic mass is 32.2. The van der Waals surface area contributed by atoms with Crippen molar-refractivity contribution < 1.29 is 32.2 Å². The summed E-state index contributed by atoms with van der Waals surface area (Å²) in [5.74, 6) is -0.00758. The number of halogens is 3. The maximum Gasteiger partial charge on any atom is 0.418 e. The summed E-state index contributed by atoms with van der Waals surface area (Å²) in [7, 11) is 0. The first-order chi connectivity index (χ1) is 13.7. The fourth-order valence-electron chi connectivity index (χ4n) is 2.62. The second-order valence-electron chi connectivity index (χ2n) is 6.08. The van der Waals surface area contributed by atoms with Gasteiger partial charge in [0, 0.05) is 17.5 Å². The van der Waals surface area contributed by atoms with E-state index >= 15 is 0 Å². The maximum atomic E-state index is 13.3. The lowest BCUT2D eigenvalue weighted by molar-refractivity contribution is -0.137. The van der Waals surface area contributed by atoms with Crippen molar-refractivity contribution in [1.29, 1.82) is 0 Å². The number of carbonyl (C=O) groups is 2. The summed E-state index contributed by atoms with van der Waals surface area (Å²) in [5.41, 5.74) is -1.42. The molecule has 2 aromatic rings. The third-order valence-electron chi connectivity index (χ3n) is 3.80. The van der Waals surface area contributed by atoms with Gasteiger partial charge in [0.05, 0.1) is 17.0 Å². The number of anilines is 2. The molecule has 0 unspecified atom stereocenters. The fraction of sp³-hybridized carbons (Fsp3) is 0.263. The number of rotatable bonds is 5. The largest absolute Gasteiger partial charge is 0.486 e. The van der Waals surface area contributed by atoms with Gasteiger partial charge in [0.15, 0.2) is 11.5 Å². The van der Waals surface area contributed by atoms with Crippen molar-refractivity contribution >= 4 is 35.0 Å². The van der Waals surface area contributed by atoms with Crippen LogP contribution < -0.4 is 20.1 Å². The topological polar surface area (TPSA) is 76.7 Å². The van der Waals surface area contributed by atoms with Crippen LogP contribution in [-0.4, -0.2) is 30.8 Å². The number of ether oxygens (including phenoxy) is 2. The van der Waals surface area contributed by atoms with E-state index in [1.165, 1.54) is 13.0 Å². The standard InChI is InChI=1S/C19H17F3N2O4S/c1-11(25)23-12-2-4-15(14(8-12)19(20,21)22)24-18(26)10-29-13-3-5-16-17(9-13)28-7-6-27-16/h2-5,8-9H,6-7,10H2,1H3,(H,23,25)(H,24,26). The molecule has 0 aromatic heterocycles. The SMILES string of the molecule is CC(=O)Nc1ccc(NC(=O)CSc2ccc3c(c2)OCCO3)c(C(F)(F)F)c1. The highest BCUT2D eigenvalue weighted by molar-refractivity contribution is 8.00. The highest BCUT2D eigenvalue weighted by Gasteiger charge is 2.34. The van der Waals surface area contributed by atoms with Gasteiger partial charge in [-0.15, -0.1) is 11.8 Å². The molecule has 1 aliphatic rings. The molecule has 0 bridgehead atoms. The van der Waals surface area contributed by atoms with Crippen molar-refractivity contribution in [1.82, 2.24) is 0 Å². The average molecular weight is 426 g/mol. The lowest BCUT2D eigenvalue weighted by Gasteiger charge is -2.18. The lowest BCUT2D eigenvalue weighted by Crippen LogP contribution is -2.19. The van der Waals surface area contributed by atoms with E-state index in [2.05, 4.69) is 10.6 Å². The van der Waals surface area contributed by atoms with Crippen LogP contribution >= 0.6 is 11.8 Å². The Hall–Kier alpha value is -2.88. The van der Waals surface area contributed by atoms with Crippen LogP contribution in [0.5, 0.6) is 11.5 Å². The van der Waals surface area contributed by atoms with Crippen molar-refractivity contribution in [3.05, 3.63) is 42.0 Å². The molecular formula is C19H17F3N2O4S. The minimum absolute atomic E-state index is 0.00604. The molecule has 29 heavy (non-hydrogen) atoms. The summed E-state index contributed by atoms with van der Waals surface area (Å²) in [5, 5.41) is 4.57. The smallest absolute Gasteiger partial charge is 0.418 e. The zero-order valence-corrected chi connectivity index (χ0v) is 16.1. The molecule has 0 saturated heterocycles. The molecule has 0 aliphatic carbocycles. The first-order valence-corrected chi connectivity index (χ1v) is 9.52. The third-order valence-corrected chi connectivity index (χ3v) is 4.80. The van der Waals surface area contributed by atoms with Crippen LogP contribution in [0.3, 0.4) is 0 Å². The molecule has 0 saturated carbocycles. The van der Waals surface area contributed by atoms with Gasteiger partial charge in [-0.2, -0.15) is 13.2 Å². The van der Waals surface area contributed by atoms with Gasteiger partial charge in [0.2, 0.25) is 11.8 Å². The Labute approximate surface area is 168 Å². The Bertz CT molecular complexity index is 934. The van der Waals surface area contributed by atoms with Gasteiger partial charge < -0.3 is 20.1 Å². The summed E-state index contributed by atoms with van der Waals surface area (Å²) in [6.07, 6.45) is -4.69. The Kier molecular flexibility index (Phi) is 6.21. The average Bonchev–Trinajstić information content (AvgIpc) is 2.66. The summed E-state index contributed by atoms with van der Waals surface area (Å²) in [6, 6.07) is 8.37. The molecule has 0 radical (unpaired) electrons. The minimum Gasteiger partial charge on any atom is -0.486 e. The van der Waals surface area contributed by atoms with E-state index in [0.717, 1.165) is 28.8 Å². The van der Waals surface area contributed by atoms with E-state index in [1.54, 1.807) is 18.2 Å². The van der Waals surface area contributed by atoms with Crippen LogP contribution in [0.2, 0.25) is 0 Å². The first-order valence-electron chi connectivity index (χ1n) is 8.53. The predicted molar refractivity (Wildman–Crippen MR) is 103 cm³/mol. The van der Waals surface area contributed by atoms with Gasteiger partial charge in [-0.25, -0.2) is 0 Å². The molecule has 10 heteroatoms. The van der Waals surface area contributed by atoms with Crippen LogP contribution in [-0.2, 0) is 15.8 Å². The highest BCUT2D eigenvalue weighted by Crippen LogP contribution is 2.37. The van der Waals surface area contributed by atoms with Crippen molar-refractivity contribution in [3.63, 3.8) is 0 Å². The van der Waals surface area contributed by atoms with Crippen molar-refractivity contribution in [2.24, 2.45) is 0 Å². The summed E-state index contributed by atoms with van der Waals surface area (Å²) in [4.78, 5) is 24.0. The number of hydrogen-bond donors (Lipinski definition) is 2. The summed E-state index contributed by atoms with van der Waals surface area (Å²) in [6.45, 7) is 2.08. The second kappa shape index (κ2) is 8.64. The van der Waals surface area contributed by atoms with Crippen LogP contribution in [0, 0.1) is 0 Å². The van der Waals surface area contributed by atoms with Crippen molar-refractivity contribution in [3.8, 4) is 11.5 Å². The van der Waals surface area contributed by atoms with E-state index in [0.29, 0.717) is 24.7 Å². The number of benzene rings is 2. The molecular weight excluding hydrogens is 409 g/mol. The Morgan fingerprint density at radius 2 is 1.76 bits per heavy atom. The van der Waals surface area contributed by atoms with Crippen LogP contribution in [0.1, 0.15) is 12.5 Å². The molecule has 3 rings (SSSR count). The van der Waals surface area contributed by atoms with Crippen LogP contribution in [0.4, 0.5) is 24.5 Å². The number of carbonyl (C=O) groups excluding carboxylic acids is 2. The maximum absolute atomic E-state index is 13.3. The monoisotopic (exact) mass is 426 g/mol. The molecule has 0 spiro atoms. The number of nitrogens with one attached hydrogen (secondary N) is 2. The van der Waals surface area contributed by atoms with Gasteiger partial charge in [0.25, 0.3) is 0 Å². The zero-order chi connectivity index (χ0) is 21.0. The van der Waals surface area contributed by atoms with E-state index in [4.69, 9.17) is 9.47 Å². The zero-order valence-electron chi connectivity index (χ0n) is 15.3. The van der Waals surface area contributed by atoms with Crippen LogP contribution in [0.15, 0.2) is 41.3 Å².